The van der Waals surface area contributed by atoms with Gasteiger partial charge in [0.1, 0.15) is 5.82 Å². The lowest BCUT2D eigenvalue weighted by atomic mass is 9.86. The number of nitrogens with one attached hydrogen (secondary N) is 1. The first-order valence-corrected chi connectivity index (χ1v) is 7.16. The van der Waals surface area contributed by atoms with Crippen molar-refractivity contribution in [1.82, 2.24) is 5.32 Å². The molecule has 1 N–H and O–H groups in total. The number of benzene rings is 1. The first kappa shape index (κ1) is 15.5. The lowest BCUT2D eigenvalue weighted by Gasteiger charge is -2.27. The summed E-state index contributed by atoms with van der Waals surface area (Å²) < 4.78 is 18.5. The molecule has 0 radical (unpaired) electrons. The Balaban J connectivity index is 1.91. The number of rotatable bonds is 3. The molecule has 0 aromatic heterocycles. The Kier molecular flexibility index (Phi) is 4.94. The molecule has 1 aromatic rings. The molecule has 0 bridgehead atoms. The first-order chi connectivity index (χ1) is 10.0. The number of methoxy groups -OCH3 is 1. The van der Waals surface area contributed by atoms with Crippen LogP contribution in [-0.2, 0) is 9.53 Å². The normalized spacial score (nSPS) is 21.7. The van der Waals surface area contributed by atoms with E-state index >= 15 is 0 Å². The lowest BCUT2D eigenvalue weighted by molar-refractivity contribution is -0.146. The number of aryl methyl sites for hydroxylation is 1. The Morgan fingerprint density at radius 1 is 1.24 bits per heavy atom. The molecule has 4 nitrogen and oxygen atoms in total. The van der Waals surface area contributed by atoms with E-state index in [1.165, 1.54) is 19.2 Å². The van der Waals surface area contributed by atoms with E-state index in [2.05, 4.69) is 5.32 Å². The Morgan fingerprint density at radius 2 is 1.90 bits per heavy atom. The molecule has 0 saturated heterocycles. The molecular weight excluding hydrogens is 273 g/mol. The molecule has 0 unspecified atom stereocenters. The number of carbonyl (C=O) groups is 2. The second-order valence-electron chi connectivity index (χ2n) is 5.53. The highest BCUT2D eigenvalue weighted by atomic mass is 19.1. The maximum absolute atomic E-state index is 13.7. The molecule has 5 heteroatoms. The highest BCUT2D eigenvalue weighted by molar-refractivity contribution is 5.94. The Morgan fingerprint density at radius 3 is 2.48 bits per heavy atom. The van der Waals surface area contributed by atoms with Gasteiger partial charge >= 0.3 is 5.97 Å². The maximum Gasteiger partial charge on any atom is 0.308 e. The summed E-state index contributed by atoms with van der Waals surface area (Å²) in [5, 5.41) is 2.84. The smallest absolute Gasteiger partial charge is 0.308 e. The third kappa shape index (κ3) is 3.80. The molecule has 1 aromatic carbocycles. The number of hydrogen-bond donors (Lipinski definition) is 1. The molecule has 1 aliphatic rings. The minimum Gasteiger partial charge on any atom is -0.469 e. The molecule has 21 heavy (non-hydrogen) atoms. The summed E-state index contributed by atoms with van der Waals surface area (Å²) >= 11 is 0. The molecular formula is C16H20FNO3. The van der Waals surface area contributed by atoms with Crippen LogP contribution < -0.4 is 5.32 Å². The van der Waals surface area contributed by atoms with E-state index in [1.54, 1.807) is 13.0 Å². The van der Waals surface area contributed by atoms with Gasteiger partial charge in [-0.1, -0.05) is 6.07 Å². The zero-order valence-electron chi connectivity index (χ0n) is 12.3. The molecule has 2 rings (SSSR count). The van der Waals surface area contributed by atoms with Gasteiger partial charge in [0.15, 0.2) is 0 Å². The molecule has 1 fully saturated rings. The van der Waals surface area contributed by atoms with Gasteiger partial charge in [0, 0.05) is 6.04 Å². The van der Waals surface area contributed by atoms with E-state index in [4.69, 9.17) is 4.74 Å². The van der Waals surface area contributed by atoms with E-state index in [9.17, 15) is 14.0 Å². The first-order valence-electron chi connectivity index (χ1n) is 7.16. The highest BCUT2D eigenvalue weighted by Crippen LogP contribution is 2.25. The Hall–Kier alpha value is -1.91. The van der Waals surface area contributed by atoms with Crippen LogP contribution >= 0.6 is 0 Å². The van der Waals surface area contributed by atoms with Crippen LogP contribution in [0.5, 0.6) is 0 Å². The van der Waals surface area contributed by atoms with Crippen LogP contribution in [0.2, 0.25) is 0 Å². The van der Waals surface area contributed by atoms with E-state index in [0.717, 1.165) is 5.56 Å². The molecule has 0 heterocycles. The van der Waals surface area contributed by atoms with Crippen LogP contribution in [0.25, 0.3) is 0 Å². The van der Waals surface area contributed by atoms with Gasteiger partial charge in [-0.25, -0.2) is 4.39 Å². The molecule has 0 spiro atoms. The number of carbonyl (C=O) groups excluding carboxylic acids is 2. The van der Waals surface area contributed by atoms with E-state index in [1.807, 2.05) is 0 Å². The fourth-order valence-corrected chi connectivity index (χ4v) is 2.71. The Bertz CT molecular complexity index is 536. The van der Waals surface area contributed by atoms with Crippen molar-refractivity contribution in [3.8, 4) is 0 Å². The quantitative estimate of drug-likeness (QED) is 0.872. The molecule has 0 atom stereocenters. The summed E-state index contributed by atoms with van der Waals surface area (Å²) in [5.74, 6) is -1.17. The number of hydrogen-bond acceptors (Lipinski definition) is 3. The van der Waals surface area contributed by atoms with Crippen molar-refractivity contribution in [2.24, 2.45) is 5.92 Å². The van der Waals surface area contributed by atoms with Crippen LogP contribution in [0.1, 0.15) is 41.6 Å². The predicted molar refractivity (Wildman–Crippen MR) is 76.4 cm³/mol. The number of amides is 1. The van der Waals surface area contributed by atoms with E-state index < -0.39 is 11.7 Å². The van der Waals surface area contributed by atoms with Crippen LogP contribution in [0.15, 0.2) is 18.2 Å². The van der Waals surface area contributed by atoms with Crippen LogP contribution in [0.3, 0.4) is 0 Å². The van der Waals surface area contributed by atoms with Crippen molar-refractivity contribution >= 4 is 11.9 Å². The summed E-state index contributed by atoms with van der Waals surface area (Å²) in [4.78, 5) is 23.5. The van der Waals surface area contributed by atoms with Gasteiger partial charge in [-0.2, -0.15) is 0 Å². The van der Waals surface area contributed by atoms with Crippen molar-refractivity contribution < 1.29 is 18.7 Å². The fourth-order valence-electron chi connectivity index (χ4n) is 2.71. The zero-order chi connectivity index (χ0) is 15.4. The largest absolute Gasteiger partial charge is 0.469 e. The van der Waals surface area contributed by atoms with Crippen molar-refractivity contribution in [3.05, 3.63) is 35.1 Å². The zero-order valence-corrected chi connectivity index (χ0v) is 12.3. The SMILES string of the molecule is COC(=O)C1CCC(NC(=O)c2ccc(C)cc2F)CC1. The molecule has 1 aliphatic carbocycles. The topological polar surface area (TPSA) is 55.4 Å². The maximum atomic E-state index is 13.7. The highest BCUT2D eigenvalue weighted by Gasteiger charge is 2.28. The van der Waals surface area contributed by atoms with Gasteiger partial charge in [0.25, 0.3) is 5.91 Å². The van der Waals surface area contributed by atoms with Crippen molar-refractivity contribution in [1.29, 1.82) is 0 Å². The minimum absolute atomic E-state index is 0.0147. The number of ether oxygens (including phenoxy) is 1. The molecule has 1 saturated carbocycles. The summed E-state index contributed by atoms with van der Waals surface area (Å²) in [6.07, 6.45) is 2.79. The predicted octanol–water partition coefficient (Wildman–Crippen LogP) is 2.60. The molecule has 0 aliphatic heterocycles. The fraction of sp³-hybridized carbons (Fsp3) is 0.500. The molecule has 114 valence electrons. The lowest BCUT2D eigenvalue weighted by Crippen LogP contribution is -2.39. The number of halogens is 1. The number of esters is 1. The van der Waals surface area contributed by atoms with Crippen molar-refractivity contribution in [3.63, 3.8) is 0 Å². The van der Waals surface area contributed by atoms with E-state index in [0.29, 0.717) is 25.7 Å². The van der Waals surface area contributed by atoms with Crippen LogP contribution in [-0.4, -0.2) is 25.0 Å². The van der Waals surface area contributed by atoms with Gasteiger partial charge in [0.05, 0.1) is 18.6 Å². The average molecular weight is 293 g/mol. The van der Waals surface area contributed by atoms with Crippen LogP contribution in [0.4, 0.5) is 4.39 Å². The Labute approximate surface area is 123 Å². The van der Waals surface area contributed by atoms with Gasteiger partial charge in [0.2, 0.25) is 0 Å². The van der Waals surface area contributed by atoms with E-state index in [-0.39, 0.29) is 23.5 Å². The van der Waals surface area contributed by atoms with Gasteiger partial charge in [-0.15, -0.1) is 0 Å². The van der Waals surface area contributed by atoms with Gasteiger partial charge in [-0.05, 0) is 50.3 Å². The molecule has 1 amide bonds. The average Bonchev–Trinajstić information content (AvgIpc) is 2.47. The second kappa shape index (κ2) is 6.70. The van der Waals surface area contributed by atoms with Gasteiger partial charge < -0.3 is 10.1 Å². The summed E-state index contributed by atoms with van der Waals surface area (Å²) in [6, 6.07) is 4.55. The third-order valence-electron chi connectivity index (χ3n) is 3.97. The van der Waals surface area contributed by atoms with Gasteiger partial charge in [-0.3, -0.25) is 9.59 Å². The van der Waals surface area contributed by atoms with Crippen LogP contribution in [0, 0.1) is 18.7 Å². The summed E-state index contributed by atoms with van der Waals surface area (Å²) in [6.45, 7) is 1.78. The third-order valence-corrected chi connectivity index (χ3v) is 3.97. The standard InChI is InChI=1S/C16H20FNO3/c1-10-3-8-13(14(17)9-10)15(19)18-12-6-4-11(5-7-12)16(20)21-2/h3,8-9,11-12H,4-7H2,1-2H3,(H,18,19). The second-order valence-corrected chi connectivity index (χ2v) is 5.53. The monoisotopic (exact) mass is 293 g/mol. The van der Waals surface area contributed by atoms with Crippen molar-refractivity contribution in [2.75, 3.05) is 7.11 Å². The van der Waals surface area contributed by atoms with Crippen molar-refractivity contribution in [2.45, 2.75) is 38.6 Å². The minimum atomic E-state index is -0.504. The summed E-state index contributed by atoms with van der Waals surface area (Å²) in [7, 11) is 1.39. The summed E-state index contributed by atoms with van der Waals surface area (Å²) in [5.41, 5.74) is 0.846.